The van der Waals surface area contributed by atoms with E-state index in [0.717, 1.165) is 10.8 Å². The molecule has 0 radical (unpaired) electrons. The van der Waals surface area contributed by atoms with E-state index in [0.29, 0.717) is 22.7 Å². The maximum absolute atomic E-state index is 12.4. The van der Waals surface area contributed by atoms with E-state index < -0.39 is 0 Å². The van der Waals surface area contributed by atoms with Gasteiger partial charge in [0.25, 0.3) is 0 Å². The quantitative estimate of drug-likeness (QED) is 0.630. The highest BCUT2D eigenvalue weighted by atomic mass is 16.5. The Hall–Kier alpha value is -3.34. The van der Waals surface area contributed by atoms with Crippen molar-refractivity contribution in [3.63, 3.8) is 0 Å². The van der Waals surface area contributed by atoms with Gasteiger partial charge in [-0.15, -0.1) is 0 Å². The Bertz CT molecular complexity index is 981. The molecule has 5 heteroatoms. The monoisotopic (exact) mass is 363 g/mol. The number of ketones is 1. The van der Waals surface area contributed by atoms with Crippen molar-refractivity contribution in [1.29, 1.82) is 0 Å². The lowest BCUT2D eigenvalue weighted by atomic mass is 10.0. The first-order valence-electron chi connectivity index (χ1n) is 8.64. The van der Waals surface area contributed by atoms with Crippen LogP contribution in [0.3, 0.4) is 0 Å². The Morgan fingerprint density at radius 1 is 0.815 bits per heavy atom. The van der Waals surface area contributed by atoms with Crippen LogP contribution in [0.25, 0.3) is 10.8 Å². The molecule has 3 rings (SSSR count). The minimum atomic E-state index is -0.226. The Kier molecular flexibility index (Phi) is 5.71. The van der Waals surface area contributed by atoms with Gasteiger partial charge in [-0.3, -0.25) is 9.59 Å². The molecule has 0 aliphatic heterocycles. The van der Waals surface area contributed by atoms with Crippen LogP contribution in [0.15, 0.2) is 60.7 Å². The molecule has 0 heterocycles. The molecular formula is C22H21NO4. The van der Waals surface area contributed by atoms with Gasteiger partial charge in [-0.05, 0) is 29.0 Å². The van der Waals surface area contributed by atoms with Crippen LogP contribution in [0.5, 0.6) is 11.5 Å². The Morgan fingerprint density at radius 3 is 2.30 bits per heavy atom. The Balaban J connectivity index is 1.60. The third-order valence-corrected chi connectivity index (χ3v) is 4.32. The van der Waals surface area contributed by atoms with Crippen molar-refractivity contribution in [1.82, 2.24) is 0 Å². The maximum Gasteiger partial charge on any atom is 0.224 e. The molecule has 1 N–H and O–H groups in total. The zero-order valence-electron chi connectivity index (χ0n) is 15.3. The average Bonchev–Trinajstić information content (AvgIpc) is 2.71. The summed E-state index contributed by atoms with van der Waals surface area (Å²) in [5.74, 6) is 0.837. The summed E-state index contributed by atoms with van der Waals surface area (Å²) in [7, 11) is 3.08. The number of amides is 1. The molecule has 138 valence electrons. The highest BCUT2D eigenvalue weighted by Crippen LogP contribution is 2.29. The number of benzene rings is 3. The lowest BCUT2D eigenvalue weighted by Crippen LogP contribution is -2.13. The van der Waals surface area contributed by atoms with E-state index >= 15 is 0 Å². The van der Waals surface area contributed by atoms with E-state index in [1.165, 1.54) is 7.11 Å². The van der Waals surface area contributed by atoms with Crippen LogP contribution in [0.1, 0.15) is 23.2 Å². The normalized spacial score (nSPS) is 10.4. The van der Waals surface area contributed by atoms with E-state index in [1.807, 2.05) is 36.4 Å². The van der Waals surface area contributed by atoms with E-state index in [1.54, 1.807) is 31.4 Å². The first-order valence-corrected chi connectivity index (χ1v) is 8.64. The number of carbonyl (C=O) groups is 2. The molecule has 0 bridgehead atoms. The van der Waals surface area contributed by atoms with Gasteiger partial charge in [0.2, 0.25) is 5.91 Å². The number of ether oxygens (including phenoxy) is 2. The second-order valence-corrected chi connectivity index (χ2v) is 6.10. The zero-order valence-corrected chi connectivity index (χ0v) is 15.3. The van der Waals surface area contributed by atoms with Gasteiger partial charge in [0.1, 0.15) is 0 Å². The number of hydrogen-bond donors (Lipinski definition) is 1. The SMILES string of the molecule is COc1ccc(NC(=O)CCC(=O)c2ccc3ccccc3c2)cc1OC. The topological polar surface area (TPSA) is 64.6 Å². The van der Waals surface area contributed by atoms with Crippen LogP contribution < -0.4 is 14.8 Å². The standard InChI is InChI=1S/C22H21NO4/c1-26-20-11-9-18(14-21(20)27-2)23-22(25)12-10-19(24)17-8-7-15-5-3-4-6-16(15)13-17/h3-9,11,13-14H,10,12H2,1-2H3,(H,23,25). The number of nitrogens with one attached hydrogen (secondary N) is 1. The van der Waals surface area contributed by atoms with Crippen LogP contribution in [0.4, 0.5) is 5.69 Å². The van der Waals surface area contributed by atoms with Gasteiger partial charge in [0.05, 0.1) is 14.2 Å². The molecule has 5 nitrogen and oxygen atoms in total. The lowest BCUT2D eigenvalue weighted by Gasteiger charge is -2.10. The fraction of sp³-hybridized carbons (Fsp3) is 0.182. The molecule has 0 spiro atoms. The number of carbonyl (C=O) groups excluding carboxylic acids is 2. The van der Waals surface area contributed by atoms with Gasteiger partial charge in [0.15, 0.2) is 17.3 Å². The fourth-order valence-electron chi connectivity index (χ4n) is 2.87. The van der Waals surface area contributed by atoms with Crippen molar-refractivity contribution in [2.45, 2.75) is 12.8 Å². The van der Waals surface area contributed by atoms with Crippen molar-refractivity contribution in [2.75, 3.05) is 19.5 Å². The third kappa shape index (κ3) is 4.44. The Labute approximate surface area is 157 Å². The van der Waals surface area contributed by atoms with E-state index in [2.05, 4.69) is 5.32 Å². The summed E-state index contributed by atoms with van der Waals surface area (Å²) >= 11 is 0. The Morgan fingerprint density at radius 2 is 1.56 bits per heavy atom. The van der Waals surface area contributed by atoms with E-state index in [4.69, 9.17) is 9.47 Å². The first kappa shape index (κ1) is 18.5. The van der Waals surface area contributed by atoms with Crippen LogP contribution in [0, 0.1) is 0 Å². The maximum atomic E-state index is 12.4. The second kappa shape index (κ2) is 8.36. The number of fused-ring (bicyclic) bond motifs is 1. The molecule has 3 aromatic rings. The van der Waals surface area contributed by atoms with Gasteiger partial charge < -0.3 is 14.8 Å². The smallest absolute Gasteiger partial charge is 0.224 e. The van der Waals surface area contributed by atoms with Gasteiger partial charge in [0, 0.05) is 30.2 Å². The van der Waals surface area contributed by atoms with Crippen LogP contribution >= 0.6 is 0 Å². The van der Waals surface area contributed by atoms with Gasteiger partial charge >= 0.3 is 0 Å². The summed E-state index contributed by atoms with van der Waals surface area (Å²) in [6.07, 6.45) is 0.261. The predicted octanol–water partition coefficient (Wildman–Crippen LogP) is 4.46. The first-order chi connectivity index (χ1) is 13.1. The molecule has 1 amide bonds. The highest BCUT2D eigenvalue weighted by molar-refractivity contribution is 6.02. The zero-order chi connectivity index (χ0) is 19.2. The number of anilines is 1. The number of methoxy groups -OCH3 is 2. The fourth-order valence-corrected chi connectivity index (χ4v) is 2.87. The summed E-state index contributed by atoms with van der Waals surface area (Å²) in [6, 6.07) is 18.6. The number of rotatable bonds is 7. The summed E-state index contributed by atoms with van der Waals surface area (Å²) in [6.45, 7) is 0. The van der Waals surface area contributed by atoms with Crippen molar-refractivity contribution >= 4 is 28.2 Å². The largest absolute Gasteiger partial charge is 0.493 e. The van der Waals surface area contributed by atoms with Gasteiger partial charge in [-0.1, -0.05) is 36.4 Å². The minimum Gasteiger partial charge on any atom is -0.493 e. The third-order valence-electron chi connectivity index (χ3n) is 4.32. The summed E-state index contributed by atoms with van der Waals surface area (Å²) in [5, 5.41) is 4.87. The van der Waals surface area contributed by atoms with Crippen molar-refractivity contribution in [2.24, 2.45) is 0 Å². The van der Waals surface area contributed by atoms with E-state index in [-0.39, 0.29) is 24.5 Å². The molecule has 0 fully saturated rings. The van der Waals surface area contributed by atoms with Crippen LogP contribution in [-0.2, 0) is 4.79 Å². The van der Waals surface area contributed by atoms with Gasteiger partial charge in [-0.2, -0.15) is 0 Å². The predicted molar refractivity (Wildman–Crippen MR) is 106 cm³/mol. The minimum absolute atomic E-state index is 0.0526. The molecule has 0 saturated carbocycles. The molecule has 0 aliphatic carbocycles. The molecule has 0 saturated heterocycles. The molecule has 0 aromatic heterocycles. The molecular weight excluding hydrogens is 342 g/mol. The summed E-state index contributed by atoms with van der Waals surface area (Å²) in [4.78, 5) is 24.6. The summed E-state index contributed by atoms with van der Waals surface area (Å²) < 4.78 is 10.4. The van der Waals surface area contributed by atoms with Crippen LogP contribution in [0.2, 0.25) is 0 Å². The summed E-state index contributed by atoms with van der Waals surface area (Å²) in [5.41, 5.74) is 1.21. The molecule has 3 aromatic carbocycles. The van der Waals surface area contributed by atoms with Gasteiger partial charge in [-0.25, -0.2) is 0 Å². The van der Waals surface area contributed by atoms with Crippen LogP contribution in [-0.4, -0.2) is 25.9 Å². The van der Waals surface area contributed by atoms with Crippen molar-refractivity contribution in [3.05, 3.63) is 66.2 Å². The highest BCUT2D eigenvalue weighted by Gasteiger charge is 2.11. The molecule has 0 aliphatic rings. The molecule has 27 heavy (non-hydrogen) atoms. The second-order valence-electron chi connectivity index (χ2n) is 6.10. The lowest BCUT2D eigenvalue weighted by molar-refractivity contribution is -0.116. The average molecular weight is 363 g/mol. The van der Waals surface area contributed by atoms with Crippen molar-refractivity contribution < 1.29 is 19.1 Å². The molecule has 0 atom stereocenters. The number of Topliss-reactive ketones (excluding diaryl/α,β-unsaturated/α-hetero) is 1. The van der Waals surface area contributed by atoms with Crippen molar-refractivity contribution in [3.8, 4) is 11.5 Å². The number of hydrogen-bond acceptors (Lipinski definition) is 4. The van der Waals surface area contributed by atoms with E-state index in [9.17, 15) is 9.59 Å². The molecule has 0 unspecified atom stereocenters.